The Bertz CT molecular complexity index is 866. The number of benzene rings is 1. The Morgan fingerprint density at radius 3 is 2.22 bits per heavy atom. The van der Waals surface area contributed by atoms with Gasteiger partial charge in [0.2, 0.25) is 11.8 Å². The molecule has 2 atom stereocenters. The Hall–Kier alpha value is -2.81. The maximum Gasteiger partial charge on any atom is 0.408 e. The van der Waals surface area contributed by atoms with Gasteiger partial charge in [0.25, 0.3) is 0 Å². The minimum atomic E-state index is -1.29. The first-order valence-corrected chi connectivity index (χ1v) is 12.8. The summed E-state index contributed by atoms with van der Waals surface area (Å²) in [5.41, 5.74) is 0.310. The molecule has 0 aliphatic carbocycles. The highest BCUT2D eigenvalue weighted by molar-refractivity contribution is 5.92. The third-order valence-electron chi connectivity index (χ3n) is 5.48. The molecule has 0 aliphatic heterocycles. The molecule has 0 fully saturated rings. The van der Waals surface area contributed by atoms with Gasteiger partial charge in [0.15, 0.2) is 0 Å². The lowest BCUT2D eigenvalue weighted by Crippen LogP contribution is -2.55. The summed E-state index contributed by atoms with van der Waals surface area (Å²) in [5, 5.41) is 25.4. The van der Waals surface area contributed by atoms with Gasteiger partial charge in [-0.25, -0.2) is 4.79 Å². The Kier molecular flexibility index (Phi) is 12.7. The summed E-state index contributed by atoms with van der Waals surface area (Å²) in [7, 11) is 0. The monoisotopic (exact) mass is 507 g/mol. The predicted molar refractivity (Wildman–Crippen MR) is 140 cm³/mol. The molecule has 0 bridgehead atoms. The van der Waals surface area contributed by atoms with Crippen LogP contribution in [0.15, 0.2) is 18.2 Å². The number of alkyl carbamates (subject to hydrolysis) is 1. The first-order chi connectivity index (χ1) is 16.8. The molecule has 0 spiro atoms. The molecular weight excluding hydrogens is 462 g/mol. The van der Waals surface area contributed by atoms with E-state index >= 15 is 0 Å². The van der Waals surface area contributed by atoms with Crippen molar-refractivity contribution in [3.05, 3.63) is 29.3 Å². The van der Waals surface area contributed by atoms with E-state index in [-0.39, 0.29) is 24.2 Å². The number of phenolic OH excluding ortho intramolecular Hbond substituents is 1. The van der Waals surface area contributed by atoms with Crippen LogP contribution in [0.2, 0.25) is 0 Å². The summed E-state index contributed by atoms with van der Waals surface area (Å²) in [6.07, 6.45) is 3.83. The highest BCUT2D eigenvalue weighted by atomic mass is 16.6. The van der Waals surface area contributed by atoms with Gasteiger partial charge in [0.05, 0.1) is 6.61 Å². The van der Waals surface area contributed by atoms with E-state index in [2.05, 4.69) is 17.6 Å². The number of nitrogens with zero attached hydrogens (tertiary/aromatic N) is 1. The van der Waals surface area contributed by atoms with Crippen LogP contribution in [0.3, 0.4) is 0 Å². The van der Waals surface area contributed by atoms with Crippen LogP contribution in [0.1, 0.15) is 90.8 Å². The van der Waals surface area contributed by atoms with Gasteiger partial charge >= 0.3 is 6.09 Å². The van der Waals surface area contributed by atoms with Crippen molar-refractivity contribution in [2.75, 3.05) is 13.2 Å². The number of aromatic hydroxyl groups is 1. The number of aryl methyl sites for hydroxylation is 1. The number of nitrogens with one attached hydrogen (secondary N) is 2. The van der Waals surface area contributed by atoms with Crippen molar-refractivity contribution in [1.82, 2.24) is 15.5 Å². The fourth-order valence-corrected chi connectivity index (χ4v) is 3.77. The molecule has 1 rings (SSSR count). The molecule has 4 N–H and O–H groups in total. The lowest BCUT2D eigenvalue weighted by molar-refractivity contribution is -0.143. The zero-order valence-electron chi connectivity index (χ0n) is 22.9. The molecule has 204 valence electrons. The number of aliphatic hydroxyl groups excluding tert-OH is 1. The van der Waals surface area contributed by atoms with Gasteiger partial charge in [-0.1, -0.05) is 38.7 Å². The average molecular weight is 508 g/mol. The van der Waals surface area contributed by atoms with Gasteiger partial charge in [-0.15, -0.1) is 0 Å². The van der Waals surface area contributed by atoms with Crippen LogP contribution in [0.25, 0.3) is 0 Å². The number of ether oxygens (including phenoxy) is 1. The molecule has 1 aromatic rings. The number of aliphatic hydroxyl groups is 1. The molecule has 9 nitrogen and oxygen atoms in total. The molecule has 2 unspecified atom stereocenters. The van der Waals surface area contributed by atoms with E-state index in [9.17, 15) is 24.6 Å². The largest absolute Gasteiger partial charge is 0.508 e. The van der Waals surface area contributed by atoms with Gasteiger partial charge < -0.3 is 30.5 Å². The normalized spacial score (nSPS) is 13.1. The van der Waals surface area contributed by atoms with Gasteiger partial charge in [-0.3, -0.25) is 9.59 Å². The molecule has 1 aromatic carbocycles. The van der Waals surface area contributed by atoms with Crippen LogP contribution in [-0.4, -0.2) is 63.9 Å². The van der Waals surface area contributed by atoms with Crippen LogP contribution < -0.4 is 10.6 Å². The molecule has 0 saturated heterocycles. The summed E-state index contributed by atoms with van der Waals surface area (Å²) >= 11 is 0. The number of carbonyl (C=O) groups excluding carboxylic acids is 3. The smallest absolute Gasteiger partial charge is 0.408 e. The van der Waals surface area contributed by atoms with Crippen molar-refractivity contribution in [3.63, 3.8) is 0 Å². The van der Waals surface area contributed by atoms with Gasteiger partial charge in [-0.2, -0.15) is 0 Å². The SMILES string of the molecule is CCCCCCCN(C(=O)C(CO)NC(=O)OC(C)(C)C)C(C(=O)NC(C)C)c1ccc(O)c(C)c1. The second-order valence-corrected chi connectivity index (χ2v) is 10.4. The van der Waals surface area contributed by atoms with E-state index in [1.807, 2.05) is 13.8 Å². The summed E-state index contributed by atoms with van der Waals surface area (Å²) < 4.78 is 5.26. The molecule has 0 radical (unpaired) electrons. The van der Waals surface area contributed by atoms with Gasteiger partial charge in [0.1, 0.15) is 23.4 Å². The van der Waals surface area contributed by atoms with Crippen LogP contribution in [0.4, 0.5) is 4.79 Å². The summed E-state index contributed by atoms with van der Waals surface area (Å²) in [6.45, 7) is 12.2. The Labute approximate surface area is 215 Å². The molecule has 0 aliphatic rings. The number of hydrogen-bond donors (Lipinski definition) is 4. The van der Waals surface area contributed by atoms with Crippen LogP contribution >= 0.6 is 0 Å². The number of phenols is 1. The number of unbranched alkanes of at least 4 members (excludes halogenated alkanes) is 4. The van der Waals surface area contributed by atoms with Crippen molar-refractivity contribution in [1.29, 1.82) is 0 Å². The van der Waals surface area contributed by atoms with E-state index in [4.69, 9.17) is 4.74 Å². The van der Waals surface area contributed by atoms with Crippen LogP contribution in [0, 0.1) is 6.92 Å². The minimum Gasteiger partial charge on any atom is -0.508 e. The van der Waals surface area contributed by atoms with Crippen molar-refractivity contribution in [2.24, 2.45) is 0 Å². The number of rotatable bonds is 13. The maximum absolute atomic E-state index is 13.7. The average Bonchev–Trinajstić information content (AvgIpc) is 2.76. The zero-order chi connectivity index (χ0) is 27.5. The zero-order valence-corrected chi connectivity index (χ0v) is 22.9. The Morgan fingerprint density at radius 2 is 1.69 bits per heavy atom. The predicted octanol–water partition coefficient (Wildman–Crippen LogP) is 3.95. The third-order valence-corrected chi connectivity index (χ3v) is 5.48. The quantitative estimate of drug-likeness (QED) is 0.299. The van der Waals surface area contributed by atoms with Crippen molar-refractivity contribution >= 4 is 17.9 Å². The molecule has 9 heteroatoms. The van der Waals surface area contributed by atoms with E-state index in [1.165, 1.54) is 11.0 Å². The fraction of sp³-hybridized carbons (Fsp3) is 0.667. The van der Waals surface area contributed by atoms with E-state index in [1.54, 1.807) is 39.8 Å². The maximum atomic E-state index is 13.7. The fourth-order valence-electron chi connectivity index (χ4n) is 3.77. The van der Waals surface area contributed by atoms with Crippen molar-refractivity contribution in [2.45, 2.75) is 104 Å². The van der Waals surface area contributed by atoms with Gasteiger partial charge in [-0.05, 0) is 71.2 Å². The second-order valence-electron chi connectivity index (χ2n) is 10.4. The topological polar surface area (TPSA) is 128 Å². The summed E-state index contributed by atoms with van der Waals surface area (Å²) in [5.74, 6) is -0.890. The molecule has 0 heterocycles. The molecular formula is C27H45N3O6. The highest BCUT2D eigenvalue weighted by Crippen LogP contribution is 2.28. The molecule has 0 aromatic heterocycles. The molecule has 3 amide bonds. The standard InChI is InChI=1S/C27H45N3O6/c1-8-9-10-11-12-15-30(25(34)21(17-31)29-26(35)36-27(5,6)7)23(24(33)28-18(2)3)20-13-14-22(32)19(4)16-20/h13-14,16,18,21,23,31-32H,8-12,15,17H2,1-7H3,(H,28,33)(H,29,35). The number of carbonyl (C=O) groups is 3. The van der Waals surface area contributed by atoms with E-state index in [0.717, 1.165) is 25.7 Å². The van der Waals surface area contributed by atoms with Crippen molar-refractivity contribution < 1.29 is 29.3 Å². The second kappa shape index (κ2) is 14.7. The minimum absolute atomic E-state index is 0.0824. The number of hydrogen-bond acceptors (Lipinski definition) is 6. The summed E-state index contributed by atoms with van der Waals surface area (Å²) in [4.78, 5) is 40.9. The lowest BCUT2D eigenvalue weighted by Gasteiger charge is -2.34. The first kappa shape index (κ1) is 31.2. The Morgan fingerprint density at radius 1 is 1.06 bits per heavy atom. The summed E-state index contributed by atoms with van der Waals surface area (Å²) in [6, 6.07) is 2.30. The van der Waals surface area contributed by atoms with Crippen molar-refractivity contribution in [3.8, 4) is 5.75 Å². The Balaban J connectivity index is 3.39. The van der Waals surface area contributed by atoms with E-state index in [0.29, 0.717) is 17.5 Å². The molecule has 0 saturated carbocycles. The number of amides is 3. The van der Waals surface area contributed by atoms with Gasteiger partial charge in [0, 0.05) is 12.6 Å². The first-order valence-electron chi connectivity index (χ1n) is 12.8. The highest BCUT2D eigenvalue weighted by Gasteiger charge is 2.36. The van der Waals surface area contributed by atoms with E-state index < -0.39 is 36.3 Å². The van der Waals surface area contributed by atoms with Crippen LogP contribution in [-0.2, 0) is 14.3 Å². The molecule has 36 heavy (non-hydrogen) atoms. The lowest BCUT2D eigenvalue weighted by atomic mass is 9.99. The third kappa shape index (κ3) is 10.4. The van der Waals surface area contributed by atoms with Crippen LogP contribution in [0.5, 0.6) is 5.75 Å².